The highest BCUT2D eigenvalue weighted by atomic mass is 32.2. The lowest BCUT2D eigenvalue weighted by Crippen LogP contribution is -2.30. The Morgan fingerprint density at radius 3 is 2.50 bits per heavy atom. The van der Waals surface area contributed by atoms with Crippen LogP contribution in [0.15, 0.2) is 58.2 Å². The maximum absolute atomic E-state index is 12.7. The number of sulfonamides is 1. The van der Waals surface area contributed by atoms with Gasteiger partial charge in [0, 0.05) is 24.2 Å². The average molecular weight is 426 g/mol. The number of aromatic nitrogens is 2. The highest BCUT2D eigenvalue weighted by Crippen LogP contribution is 2.23. The molecule has 8 nitrogen and oxygen atoms in total. The maximum atomic E-state index is 12.7. The number of fused-ring (bicyclic) bond motifs is 1. The Morgan fingerprint density at radius 2 is 1.77 bits per heavy atom. The molecule has 156 valence electrons. The molecule has 0 bridgehead atoms. The Hall–Kier alpha value is -3.04. The van der Waals surface area contributed by atoms with E-state index in [4.69, 9.17) is 0 Å². The summed E-state index contributed by atoms with van der Waals surface area (Å²) in [5.41, 5.74) is 0.652. The first-order chi connectivity index (χ1) is 14.4. The van der Waals surface area contributed by atoms with Gasteiger partial charge in [-0.15, -0.1) is 0 Å². The van der Waals surface area contributed by atoms with Crippen LogP contribution in [-0.4, -0.2) is 41.5 Å². The maximum Gasteiger partial charge on any atom is 0.275 e. The summed E-state index contributed by atoms with van der Waals surface area (Å²) in [5.74, 6) is -0.463. The number of hydrogen-bond acceptors (Lipinski definition) is 5. The minimum atomic E-state index is -3.58. The van der Waals surface area contributed by atoms with E-state index >= 15 is 0 Å². The molecule has 0 unspecified atom stereocenters. The number of nitrogens with one attached hydrogen (secondary N) is 1. The molecule has 1 N–H and O–H groups in total. The lowest BCUT2D eigenvalue weighted by atomic mass is 10.1. The van der Waals surface area contributed by atoms with Crippen molar-refractivity contribution in [3.63, 3.8) is 0 Å². The molecule has 0 atom stereocenters. The Balaban J connectivity index is 1.55. The lowest BCUT2D eigenvalue weighted by molar-refractivity contribution is -0.117. The number of carbonyl (C=O) groups excluding carboxylic acids is 1. The molecular weight excluding hydrogens is 404 g/mol. The largest absolute Gasteiger partial charge is 0.324 e. The standard InChI is InChI=1S/C21H22N4O4S/c1-15-18-9-2-3-10-19(18)21(27)25(23-15)14-20(26)22-16-7-6-8-17(13-16)30(28,29)24-11-4-5-12-24/h2-3,6-10,13H,4-5,11-12,14H2,1H3,(H,22,26). The van der Waals surface area contributed by atoms with E-state index in [0.29, 0.717) is 29.9 Å². The first kappa shape index (κ1) is 20.2. The van der Waals surface area contributed by atoms with Gasteiger partial charge in [-0.3, -0.25) is 9.59 Å². The molecule has 1 aromatic heterocycles. The Kier molecular flexibility index (Phi) is 5.40. The van der Waals surface area contributed by atoms with E-state index in [0.717, 1.165) is 22.9 Å². The van der Waals surface area contributed by atoms with Crippen LogP contribution in [0, 0.1) is 6.92 Å². The zero-order chi connectivity index (χ0) is 21.3. The first-order valence-corrected chi connectivity index (χ1v) is 11.2. The fraction of sp³-hybridized carbons (Fsp3) is 0.286. The summed E-state index contributed by atoms with van der Waals surface area (Å²) in [6, 6.07) is 13.3. The van der Waals surface area contributed by atoms with Crippen LogP contribution in [0.4, 0.5) is 5.69 Å². The van der Waals surface area contributed by atoms with Gasteiger partial charge in [-0.2, -0.15) is 9.40 Å². The van der Waals surface area contributed by atoms with Crippen LogP contribution in [0.1, 0.15) is 18.5 Å². The minimum absolute atomic E-state index is 0.138. The van der Waals surface area contributed by atoms with Gasteiger partial charge in [0.1, 0.15) is 6.54 Å². The van der Waals surface area contributed by atoms with Crippen LogP contribution >= 0.6 is 0 Å². The quantitative estimate of drug-likeness (QED) is 0.673. The van der Waals surface area contributed by atoms with Gasteiger partial charge in [0.25, 0.3) is 5.56 Å². The van der Waals surface area contributed by atoms with E-state index < -0.39 is 15.9 Å². The van der Waals surface area contributed by atoms with E-state index in [2.05, 4.69) is 10.4 Å². The molecule has 1 aliphatic rings. The number of rotatable bonds is 5. The van der Waals surface area contributed by atoms with E-state index in [1.54, 1.807) is 31.2 Å². The summed E-state index contributed by atoms with van der Waals surface area (Å²) >= 11 is 0. The highest BCUT2D eigenvalue weighted by Gasteiger charge is 2.27. The fourth-order valence-corrected chi connectivity index (χ4v) is 5.22. The number of hydrogen-bond donors (Lipinski definition) is 1. The van der Waals surface area contributed by atoms with E-state index in [9.17, 15) is 18.0 Å². The minimum Gasteiger partial charge on any atom is -0.324 e. The smallest absolute Gasteiger partial charge is 0.275 e. The van der Waals surface area contributed by atoms with Gasteiger partial charge < -0.3 is 5.32 Å². The summed E-state index contributed by atoms with van der Waals surface area (Å²) in [5, 5.41) is 8.14. The zero-order valence-corrected chi connectivity index (χ0v) is 17.4. The van der Waals surface area contributed by atoms with E-state index in [1.807, 2.05) is 12.1 Å². The molecule has 2 aromatic carbocycles. The molecule has 30 heavy (non-hydrogen) atoms. The fourth-order valence-electron chi connectivity index (χ4n) is 3.66. The molecule has 0 spiro atoms. The van der Waals surface area contributed by atoms with Crippen molar-refractivity contribution in [2.45, 2.75) is 31.2 Å². The number of benzene rings is 2. The zero-order valence-electron chi connectivity index (χ0n) is 16.5. The van der Waals surface area contributed by atoms with E-state index in [-0.39, 0.29) is 17.0 Å². The number of amides is 1. The molecule has 1 amide bonds. The molecule has 9 heteroatoms. The van der Waals surface area contributed by atoms with Gasteiger partial charge in [0.2, 0.25) is 15.9 Å². The third kappa shape index (κ3) is 3.86. The molecule has 1 saturated heterocycles. The molecule has 3 aromatic rings. The lowest BCUT2D eigenvalue weighted by Gasteiger charge is -2.16. The summed E-state index contributed by atoms with van der Waals surface area (Å²) in [4.78, 5) is 25.3. The summed E-state index contributed by atoms with van der Waals surface area (Å²) in [7, 11) is -3.58. The summed E-state index contributed by atoms with van der Waals surface area (Å²) < 4.78 is 28.0. The van der Waals surface area contributed by atoms with Crippen molar-refractivity contribution in [2.75, 3.05) is 18.4 Å². The predicted octanol–water partition coefficient (Wildman–Crippen LogP) is 2.13. The highest BCUT2D eigenvalue weighted by molar-refractivity contribution is 7.89. The van der Waals surface area contributed by atoms with Gasteiger partial charge in [-0.05, 0) is 44.0 Å². The first-order valence-electron chi connectivity index (χ1n) is 9.73. The van der Waals surface area contributed by atoms with Crippen molar-refractivity contribution in [1.29, 1.82) is 0 Å². The van der Waals surface area contributed by atoms with Crippen LogP contribution in [-0.2, 0) is 21.4 Å². The van der Waals surface area contributed by atoms with Gasteiger partial charge in [0.15, 0.2) is 0 Å². The van der Waals surface area contributed by atoms with Crippen LogP contribution in [0.2, 0.25) is 0 Å². The van der Waals surface area contributed by atoms with Crippen LogP contribution in [0.25, 0.3) is 10.8 Å². The van der Waals surface area contributed by atoms with Gasteiger partial charge in [0.05, 0.1) is 16.0 Å². The number of anilines is 1. The molecule has 0 saturated carbocycles. The molecular formula is C21H22N4O4S. The van der Waals surface area contributed by atoms with Crippen molar-refractivity contribution < 1.29 is 13.2 Å². The SMILES string of the molecule is Cc1nn(CC(=O)Nc2cccc(S(=O)(=O)N3CCCC3)c2)c(=O)c2ccccc12. The van der Waals surface area contributed by atoms with Crippen LogP contribution in [0.3, 0.4) is 0 Å². The second-order valence-electron chi connectivity index (χ2n) is 7.28. The van der Waals surface area contributed by atoms with Crippen molar-refractivity contribution in [3.05, 3.63) is 64.6 Å². The second-order valence-corrected chi connectivity index (χ2v) is 9.22. The van der Waals surface area contributed by atoms with Crippen molar-refractivity contribution >= 4 is 32.4 Å². The van der Waals surface area contributed by atoms with Crippen LogP contribution < -0.4 is 10.9 Å². The number of aryl methyl sites for hydroxylation is 1. The molecule has 4 rings (SSSR count). The third-order valence-corrected chi connectivity index (χ3v) is 7.06. The number of carbonyl (C=O) groups is 1. The van der Waals surface area contributed by atoms with Crippen molar-refractivity contribution in [3.8, 4) is 0 Å². The Morgan fingerprint density at radius 1 is 1.07 bits per heavy atom. The third-order valence-electron chi connectivity index (χ3n) is 5.17. The van der Waals surface area contributed by atoms with E-state index in [1.165, 1.54) is 16.4 Å². The Labute approximate surface area is 174 Å². The van der Waals surface area contributed by atoms with Gasteiger partial charge in [-0.25, -0.2) is 13.1 Å². The topological polar surface area (TPSA) is 101 Å². The van der Waals surface area contributed by atoms with Crippen LogP contribution in [0.5, 0.6) is 0 Å². The average Bonchev–Trinajstić information content (AvgIpc) is 3.28. The molecule has 1 fully saturated rings. The second kappa shape index (κ2) is 8.00. The normalized spacial score (nSPS) is 14.8. The van der Waals surface area contributed by atoms with Gasteiger partial charge in [-0.1, -0.05) is 24.3 Å². The van der Waals surface area contributed by atoms with Crippen molar-refractivity contribution in [1.82, 2.24) is 14.1 Å². The predicted molar refractivity (Wildman–Crippen MR) is 114 cm³/mol. The molecule has 2 heterocycles. The monoisotopic (exact) mass is 426 g/mol. The molecule has 0 radical (unpaired) electrons. The summed E-state index contributed by atoms with van der Waals surface area (Å²) in [6.07, 6.45) is 1.70. The molecule has 0 aliphatic carbocycles. The van der Waals surface area contributed by atoms with Gasteiger partial charge >= 0.3 is 0 Å². The number of nitrogens with zero attached hydrogens (tertiary/aromatic N) is 3. The molecule has 1 aliphatic heterocycles. The van der Waals surface area contributed by atoms with Crippen molar-refractivity contribution in [2.24, 2.45) is 0 Å². The summed E-state index contributed by atoms with van der Waals surface area (Å²) in [6.45, 7) is 2.53. The Bertz CT molecular complexity index is 1280.